The van der Waals surface area contributed by atoms with E-state index in [2.05, 4.69) is 20.4 Å². The van der Waals surface area contributed by atoms with Gasteiger partial charge in [0.2, 0.25) is 0 Å². The number of phenolic OH excluding ortho intramolecular Hbond substituents is 1. The molecule has 1 N–H and O–H groups in total. The average Bonchev–Trinajstić information content (AvgIpc) is 2.66. The van der Waals surface area contributed by atoms with Gasteiger partial charge in [0.05, 0.1) is 5.52 Å². The lowest BCUT2D eigenvalue weighted by Gasteiger charge is -1.99. The molecule has 0 saturated carbocycles. The SMILES string of the molecule is Oc1cccc2c1nnc1nncn12. The lowest BCUT2D eigenvalue weighted by Crippen LogP contribution is -1.94. The molecule has 0 amide bonds. The van der Waals surface area contributed by atoms with Crippen LogP contribution in [0.4, 0.5) is 0 Å². The molecule has 0 aliphatic heterocycles. The van der Waals surface area contributed by atoms with E-state index < -0.39 is 0 Å². The van der Waals surface area contributed by atoms with E-state index in [1.54, 1.807) is 16.5 Å². The summed E-state index contributed by atoms with van der Waals surface area (Å²) >= 11 is 0. The summed E-state index contributed by atoms with van der Waals surface area (Å²) < 4.78 is 1.67. The highest BCUT2D eigenvalue weighted by molar-refractivity contribution is 5.81. The van der Waals surface area contributed by atoms with Gasteiger partial charge in [-0.2, -0.15) is 0 Å². The number of benzene rings is 1. The van der Waals surface area contributed by atoms with Crippen LogP contribution in [0.3, 0.4) is 0 Å². The minimum atomic E-state index is 0.102. The third kappa shape index (κ3) is 0.792. The molecule has 6 heteroatoms. The molecule has 0 saturated heterocycles. The third-order valence-electron chi connectivity index (χ3n) is 2.02. The normalized spacial score (nSPS) is 11.1. The van der Waals surface area contributed by atoms with E-state index >= 15 is 0 Å². The standard InChI is InChI=1S/C8H5N5O/c14-6-3-1-2-5-7(6)10-12-8-11-9-4-13(5)8/h1-4,14H. The van der Waals surface area contributed by atoms with Crippen molar-refractivity contribution in [2.75, 3.05) is 0 Å². The smallest absolute Gasteiger partial charge is 0.274 e. The van der Waals surface area contributed by atoms with Gasteiger partial charge >= 0.3 is 0 Å². The fraction of sp³-hybridized carbons (Fsp3) is 0. The van der Waals surface area contributed by atoms with E-state index in [0.717, 1.165) is 5.52 Å². The first-order valence-corrected chi connectivity index (χ1v) is 4.00. The van der Waals surface area contributed by atoms with E-state index in [0.29, 0.717) is 11.3 Å². The molecular weight excluding hydrogens is 182 g/mol. The molecule has 2 heterocycles. The third-order valence-corrected chi connectivity index (χ3v) is 2.02. The summed E-state index contributed by atoms with van der Waals surface area (Å²) in [4.78, 5) is 0. The summed E-state index contributed by atoms with van der Waals surface area (Å²) in [7, 11) is 0. The minimum absolute atomic E-state index is 0.102. The summed E-state index contributed by atoms with van der Waals surface area (Å²) in [5, 5.41) is 24.6. The summed E-state index contributed by atoms with van der Waals surface area (Å²) in [6.07, 6.45) is 1.53. The number of hydrogen-bond donors (Lipinski definition) is 1. The van der Waals surface area contributed by atoms with Crippen LogP contribution in [0.25, 0.3) is 16.8 Å². The van der Waals surface area contributed by atoms with Crippen molar-refractivity contribution in [3.63, 3.8) is 0 Å². The number of hydrogen-bond acceptors (Lipinski definition) is 5. The van der Waals surface area contributed by atoms with Gasteiger partial charge in [-0.3, -0.25) is 4.40 Å². The highest BCUT2D eigenvalue weighted by Gasteiger charge is 2.06. The lowest BCUT2D eigenvalue weighted by molar-refractivity contribution is 0.479. The van der Waals surface area contributed by atoms with E-state index in [1.807, 2.05) is 6.07 Å². The van der Waals surface area contributed by atoms with Crippen molar-refractivity contribution >= 4 is 16.8 Å². The first-order chi connectivity index (χ1) is 6.86. The van der Waals surface area contributed by atoms with Crippen LogP contribution in [-0.2, 0) is 0 Å². The van der Waals surface area contributed by atoms with Gasteiger partial charge in [-0.1, -0.05) is 6.07 Å². The Labute approximate surface area is 77.8 Å². The van der Waals surface area contributed by atoms with Gasteiger partial charge in [0.15, 0.2) is 5.52 Å². The largest absolute Gasteiger partial charge is 0.506 e. The molecule has 0 bridgehead atoms. The van der Waals surface area contributed by atoms with Gasteiger partial charge < -0.3 is 5.11 Å². The fourth-order valence-electron chi connectivity index (χ4n) is 1.38. The van der Waals surface area contributed by atoms with Gasteiger partial charge in [0.25, 0.3) is 5.78 Å². The van der Waals surface area contributed by atoms with Gasteiger partial charge in [0, 0.05) is 0 Å². The van der Waals surface area contributed by atoms with Crippen molar-refractivity contribution in [1.29, 1.82) is 0 Å². The molecule has 3 aromatic rings. The Morgan fingerprint density at radius 1 is 1.14 bits per heavy atom. The summed E-state index contributed by atoms with van der Waals surface area (Å²) in [5.74, 6) is 0.522. The Bertz CT molecular complexity index is 617. The van der Waals surface area contributed by atoms with Crippen molar-refractivity contribution in [2.45, 2.75) is 0 Å². The first kappa shape index (κ1) is 7.19. The molecule has 0 aliphatic carbocycles. The van der Waals surface area contributed by atoms with Crippen LogP contribution >= 0.6 is 0 Å². The molecule has 1 aromatic carbocycles. The number of fused-ring (bicyclic) bond motifs is 3. The maximum Gasteiger partial charge on any atom is 0.274 e. The average molecular weight is 187 g/mol. The predicted molar refractivity (Wildman–Crippen MR) is 47.7 cm³/mol. The monoisotopic (exact) mass is 187 g/mol. The van der Waals surface area contributed by atoms with Crippen LogP contribution in [0.2, 0.25) is 0 Å². The Balaban J connectivity index is 2.64. The molecule has 0 fully saturated rings. The van der Waals surface area contributed by atoms with E-state index in [4.69, 9.17) is 0 Å². The van der Waals surface area contributed by atoms with E-state index in [-0.39, 0.29) is 5.75 Å². The zero-order chi connectivity index (χ0) is 9.54. The van der Waals surface area contributed by atoms with Gasteiger partial charge in [0.1, 0.15) is 12.1 Å². The second kappa shape index (κ2) is 2.38. The zero-order valence-electron chi connectivity index (χ0n) is 6.99. The van der Waals surface area contributed by atoms with Crippen molar-refractivity contribution in [1.82, 2.24) is 24.8 Å². The Morgan fingerprint density at radius 2 is 2.07 bits per heavy atom. The molecule has 2 aromatic heterocycles. The van der Waals surface area contributed by atoms with E-state index in [1.165, 1.54) is 6.33 Å². The topological polar surface area (TPSA) is 76.2 Å². The Hall–Kier alpha value is -2.24. The van der Waals surface area contributed by atoms with Crippen molar-refractivity contribution in [3.05, 3.63) is 24.5 Å². The first-order valence-electron chi connectivity index (χ1n) is 4.00. The van der Waals surface area contributed by atoms with E-state index in [9.17, 15) is 5.11 Å². The summed E-state index contributed by atoms with van der Waals surface area (Å²) in [6.45, 7) is 0. The second-order valence-electron chi connectivity index (χ2n) is 2.85. The molecule has 68 valence electrons. The molecule has 0 unspecified atom stereocenters. The van der Waals surface area contributed by atoms with Crippen molar-refractivity contribution in [2.24, 2.45) is 0 Å². The van der Waals surface area contributed by atoms with Crippen molar-refractivity contribution < 1.29 is 5.11 Å². The molecule has 6 nitrogen and oxygen atoms in total. The number of aromatic nitrogens is 5. The second-order valence-corrected chi connectivity index (χ2v) is 2.85. The predicted octanol–water partition coefficient (Wildman–Crippen LogP) is 0.378. The van der Waals surface area contributed by atoms with Crippen LogP contribution < -0.4 is 0 Å². The summed E-state index contributed by atoms with van der Waals surface area (Å²) in [6, 6.07) is 5.12. The number of phenols is 1. The number of aromatic hydroxyl groups is 1. The molecule has 3 rings (SSSR count). The number of rotatable bonds is 0. The highest BCUT2D eigenvalue weighted by atomic mass is 16.3. The van der Waals surface area contributed by atoms with Crippen LogP contribution in [0.1, 0.15) is 0 Å². The molecule has 0 spiro atoms. The zero-order valence-corrected chi connectivity index (χ0v) is 6.99. The molecule has 0 radical (unpaired) electrons. The molecule has 0 aliphatic rings. The highest BCUT2D eigenvalue weighted by Crippen LogP contribution is 2.20. The molecular formula is C8H5N5O. The maximum absolute atomic E-state index is 9.51. The van der Waals surface area contributed by atoms with Gasteiger partial charge in [-0.25, -0.2) is 0 Å². The minimum Gasteiger partial charge on any atom is -0.506 e. The Kier molecular flexibility index (Phi) is 1.22. The maximum atomic E-state index is 9.51. The fourth-order valence-corrected chi connectivity index (χ4v) is 1.38. The van der Waals surface area contributed by atoms with Crippen LogP contribution in [0.15, 0.2) is 24.5 Å². The molecule has 14 heavy (non-hydrogen) atoms. The number of nitrogens with zero attached hydrogens (tertiary/aromatic N) is 5. The van der Waals surface area contributed by atoms with Crippen molar-refractivity contribution in [3.8, 4) is 5.75 Å². The Morgan fingerprint density at radius 3 is 3.00 bits per heavy atom. The quantitative estimate of drug-likeness (QED) is 0.550. The van der Waals surface area contributed by atoms with Crippen LogP contribution in [-0.4, -0.2) is 29.9 Å². The summed E-state index contributed by atoms with van der Waals surface area (Å²) in [5.41, 5.74) is 1.18. The van der Waals surface area contributed by atoms with Gasteiger partial charge in [-0.05, 0) is 12.1 Å². The molecule has 0 atom stereocenters. The van der Waals surface area contributed by atoms with Crippen LogP contribution in [0, 0.1) is 0 Å². The van der Waals surface area contributed by atoms with Gasteiger partial charge in [-0.15, -0.1) is 20.4 Å². The lowest BCUT2D eigenvalue weighted by atomic mass is 10.3. The van der Waals surface area contributed by atoms with Crippen LogP contribution in [0.5, 0.6) is 5.75 Å².